The number of nitrogens with zero attached hydrogens (tertiary/aromatic N) is 1. The van der Waals surface area contributed by atoms with E-state index in [4.69, 9.17) is 5.73 Å². The Bertz CT molecular complexity index is 422. The molecule has 0 aromatic heterocycles. The van der Waals surface area contributed by atoms with E-state index in [1.165, 1.54) is 25.7 Å². The number of hydrogen-bond donors (Lipinski definition) is 2. The second-order valence-corrected chi connectivity index (χ2v) is 5.99. The first-order chi connectivity index (χ1) is 8.61. The number of quaternary nitrogens is 1. The first kappa shape index (κ1) is 11.8. The molecule has 3 nitrogen and oxygen atoms in total. The molecule has 0 amide bonds. The van der Waals surface area contributed by atoms with Gasteiger partial charge in [-0.05, 0) is 18.6 Å². The molecular formula is C15H22N2O+. The summed E-state index contributed by atoms with van der Waals surface area (Å²) in [6, 6.07) is 6.87. The summed E-state index contributed by atoms with van der Waals surface area (Å²) < 4.78 is 1.05. The number of aromatic hydroxyl groups is 1. The molecule has 2 heterocycles. The number of phenols is 1. The molecule has 0 spiro atoms. The van der Waals surface area contributed by atoms with Crippen molar-refractivity contribution in [2.24, 2.45) is 0 Å². The molecule has 3 heteroatoms. The summed E-state index contributed by atoms with van der Waals surface area (Å²) in [4.78, 5) is 0. The first-order valence-corrected chi connectivity index (χ1v) is 6.84. The van der Waals surface area contributed by atoms with Gasteiger partial charge in [0, 0.05) is 31.4 Å². The van der Waals surface area contributed by atoms with Crippen molar-refractivity contribution in [3.63, 3.8) is 0 Å². The summed E-state index contributed by atoms with van der Waals surface area (Å²) >= 11 is 0. The van der Waals surface area contributed by atoms with Crippen LogP contribution in [0.15, 0.2) is 18.2 Å². The molecule has 1 aromatic rings. The van der Waals surface area contributed by atoms with E-state index in [0.29, 0.717) is 17.8 Å². The summed E-state index contributed by atoms with van der Waals surface area (Å²) in [5.41, 5.74) is 7.69. The Kier molecular flexibility index (Phi) is 2.74. The maximum absolute atomic E-state index is 10.0. The zero-order chi connectivity index (χ0) is 12.8. The Morgan fingerprint density at radius 2 is 1.94 bits per heavy atom. The molecule has 2 bridgehead atoms. The number of nitrogens with two attached hydrogens (primary N) is 1. The topological polar surface area (TPSA) is 46.2 Å². The van der Waals surface area contributed by atoms with Crippen LogP contribution in [0.2, 0.25) is 0 Å². The third kappa shape index (κ3) is 1.69. The number of hydrogen-bond acceptors (Lipinski definition) is 2. The van der Waals surface area contributed by atoms with Crippen LogP contribution in [0, 0.1) is 6.42 Å². The van der Waals surface area contributed by atoms with E-state index in [2.05, 4.69) is 13.5 Å². The number of piperidine rings is 1. The van der Waals surface area contributed by atoms with Crippen LogP contribution in [-0.4, -0.2) is 28.7 Å². The summed E-state index contributed by atoms with van der Waals surface area (Å²) in [7, 11) is 2.33. The predicted molar refractivity (Wildman–Crippen MR) is 72.8 cm³/mol. The smallest absolute Gasteiger partial charge is 0.126 e. The summed E-state index contributed by atoms with van der Waals surface area (Å²) in [5.74, 6) is 0.350. The highest BCUT2D eigenvalue weighted by molar-refractivity contribution is 5.53. The average Bonchev–Trinajstić information content (AvgIpc) is 2.56. The zero-order valence-corrected chi connectivity index (χ0v) is 11.0. The van der Waals surface area contributed by atoms with Gasteiger partial charge in [-0.15, -0.1) is 0 Å². The van der Waals surface area contributed by atoms with Crippen molar-refractivity contribution in [2.75, 3.05) is 12.8 Å². The van der Waals surface area contributed by atoms with Crippen molar-refractivity contribution in [3.8, 4) is 5.75 Å². The Labute approximate surface area is 109 Å². The minimum absolute atomic E-state index is 0.350. The molecule has 3 rings (SSSR count). The quantitative estimate of drug-likeness (QED) is 0.622. The number of benzene rings is 1. The fraction of sp³-hybridized carbons (Fsp3) is 0.533. The molecule has 2 fully saturated rings. The zero-order valence-electron chi connectivity index (χ0n) is 11.0. The monoisotopic (exact) mass is 246 g/mol. The van der Waals surface area contributed by atoms with E-state index in [1.807, 2.05) is 12.1 Å². The predicted octanol–water partition coefficient (Wildman–Crippen LogP) is 2.45. The van der Waals surface area contributed by atoms with Crippen LogP contribution in [0.3, 0.4) is 0 Å². The first-order valence-electron chi connectivity index (χ1n) is 6.84. The SMILES string of the molecule is C[N+]1(Cc2c(N)cccc2O)C2C[CH]CC1CC2. The highest BCUT2D eigenvalue weighted by atomic mass is 16.3. The van der Waals surface area contributed by atoms with Crippen molar-refractivity contribution in [3.05, 3.63) is 30.2 Å². The fourth-order valence-electron chi connectivity index (χ4n) is 3.83. The lowest BCUT2D eigenvalue weighted by atomic mass is 9.97. The van der Waals surface area contributed by atoms with Crippen LogP contribution in [0.25, 0.3) is 0 Å². The Balaban J connectivity index is 1.92. The molecule has 2 atom stereocenters. The standard InChI is InChI=1S/C15H21N2O/c1-17(11-4-2-5-12(17)9-8-11)10-13-14(16)6-3-7-15(13)18/h2-3,6-7,11-12H,4-5,8-10,16H2,1H3/p+1. The molecule has 2 aliphatic rings. The minimum atomic E-state index is 0.350. The van der Waals surface area contributed by atoms with Crippen molar-refractivity contribution < 1.29 is 9.59 Å². The van der Waals surface area contributed by atoms with Gasteiger partial charge in [0.05, 0.1) is 24.7 Å². The maximum atomic E-state index is 10.0. The van der Waals surface area contributed by atoms with Crippen molar-refractivity contribution >= 4 is 5.69 Å². The largest absolute Gasteiger partial charge is 0.507 e. The molecule has 97 valence electrons. The molecule has 2 aliphatic heterocycles. The Hall–Kier alpha value is -1.22. The van der Waals surface area contributed by atoms with Gasteiger partial charge in [-0.1, -0.05) is 6.07 Å². The lowest BCUT2D eigenvalue weighted by Gasteiger charge is -2.45. The van der Waals surface area contributed by atoms with Gasteiger partial charge < -0.3 is 15.3 Å². The van der Waals surface area contributed by atoms with Gasteiger partial charge in [0.25, 0.3) is 0 Å². The number of nitrogen functional groups attached to an aromatic ring is 1. The van der Waals surface area contributed by atoms with E-state index in [0.717, 1.165) is 22.3 Å². The summed E-state index contributed by atoms with van der Waals surface area (Å²) in [6.45, 7) is 0.863. The lowest BCUT2D eigenvalue weighted by Crippen LogP contribution is -2.55. The van der Waals surface area contributed by atoms with Gasteiger partial charge in [0.2, 0.25) is 0 Å². The van der Waals surface area contributed by atoms with E-state index < -0.39 is 0 Å². The fourth-order valence-corrected chi connectivity index (χ4v) is 3.83. The van der Waals surface area contributed by atoms with Crippen LogP contribution in [0.4, 0.5) is 5.69 Å². The lowest BCUT2D eigenvalue weighted by molar-refractivity contribution is -0.958. The highest BCUT2D eigenvalue weighted by Crippen LogP contribution is 2.43. The van der Waals surface area contributed by atoms with Crippen LogP contribution < -0.4 is 5.73 Å². The molecule has 0 aliphatic carbocycles. The second-order valence-electron chi connectivity index (χ2n) is 5.99. The number of fused-ring (bicyclic) bond motifs is 2. The molecule has 1 aromatic carbocycles. The molecule has 3 N–H and O–H groups in total. The van der Waals surface area contributed by atoms with Crippen LogP contribution in [0.5, 0.6) is 5.75 Å². The van der Waals surface area contributed by atoms with E-state index in [-0.39, 0.29) is 0 Å². The van der Waals surface area contributed by atoms with Crippen molar-refractivity contribution in [1.82, 2.24) is 0 Å². The highest BCUT2D eigenvalue weighted by Gasteiger charge is 2.48. The Morgan fingerprint density at radius 1 is 1.28 bits per heavy atom. The second kappa shape index (κ2) is 4.16. The van der Waals surface area contributed by atoms with Gasteiger partial charge in [0.15, 0.2) is 0 Å². The molecule has 2 saturated heterocycles. The number of rotatable bonds is 2. The van der Waals surface area contributed by atoms with E-state index >= 15 is 0 Å². The molecule has 18 heavy (non-hydrogen) atoms. The molecule has 0 saturated carbocycles. The van der Waals surface area contributed by atoms with E-state index in [9.17, 15) is 5.11 Å². The third-order valence-electron chi connectivity index (χ3n) is 5.07. The van der Waals surface area contributed by atoms with Gasteiger partial charge in [-0.2, -0.15) is 0 Å². The minimum Gasteiger partial charge on any atom is -0.507 e. The number of anilines is 1. The van der Waals surface area contributed by atoms with Crippen LogP contribution in [0.1, 0.15) is 31.2 Å². The van der Waals surface area contributed by atoms with Crippen molar-refractivity contribution in [1.29, 1.82) is 0 Å². The van der Waals surface area contributed by atoms with Crippen molar-refractivity contribution in [2.45, 2.75) is 44.3 Å². The molecule has 2 unspecified atom stereocenters. The normalized spacial score (nSPS) is 34.7. The summed E-state index contributed by atoms with van der Waals surface area (Å²) in [5, 5.41) is 10.0. The van der Waals surface area contributed by atoms with Gasteiger partial charge >= 0.3 is 0 Å². The van der Waals surface area contributed by atoms with Gasteiger partial charge in [0.1, 0.15) is 12.3 Å². The number of phenolic OH excluding ortho intramolecular Hbond substituents is 1. The Morgan fingerprint density at radius 3 is 2.56 bits per heavy atom. The molecule has 1 radical (unpaired) electrons. The van der Waals surface area contributed by atoms with E-state index in [1.54, 1.807) is 6.07 Å². The van der Waals surface area contributed by atoms with Crippen LogP contribution in [-0.2, 0) is 6.54 Å². The summed E-state index contributed by atoms with van der Waals surface area (Å²) in [6.07, 6.45) is 7.48. The van der Waals surface area contributed by atoms with Gasteiger partial charge in [-0.3, -0.25) is 0 Å². The van der Waals surface area contributed by atoms with Gasteiger partial charge in [-0.25, -0.2) is 0 Å². The molecular weight excluding hydrogens is 224 g/mol. The third-order valence-corrected chi connectivity index (χ3v) is 5.07. The van der Waals surface area contributed by atoms with Crippen LogP contribution >= 0.6 is 0 Å². The maximum Gasteiger partial charge on any atom is 0.126 e. The average molecular weight is 246 g/mol.